The molecule has 2 aromatic rings. The number of hydrogen-bond donors (Lipinski definition) is 0. The van der Waals surface area contributed by atoms with E-state index < -0.39 is 0 Å². The zero-order chi connectivity index (χ0) is 16.9. The van der Waals surface area contributed by atoms with E-state index in [-0.39, 0.29) is 18.3 Å². The van der Waals surface area contributed by atoms with Crippen LogP contribution in [-0.2, 0) is 11.3 Å². The lowest BCUT2D eigenvalue weighted by molar-refractivity contribution is -0.130. The molecule has 3 rings (SSSR count). The standard InChI is InChI=1S/C17H20FN5O/c1-2-22(15-9-4-3-5-10-15)16(24)12-23-20-17(19-21-23)13-7-6-8-14(18)11-13/h6-9,11H,2-5,10,12H2,1H3. The number of hydrogen-bond acceptors (Lipinski definition) is 4. The van der Waals surface area contributed by atoms with Gasteiger partial charge >= 0.3 is 0 Å². The summed E-state index contributed by atoms with van der Waals surface area (Å²) in [7, 11) is 0. The molecule has 0 saturated carbocycles. The molecule has 0 bridgehead atoms. The highest BCUT2D eigenvalue weighted by Gasteiger charge is 2.19. The Morgan fingerprint density at radius 3 is 2.96 bits per heavy atom. The van der Waals surface area contributed by atoms with Gasteiger partial charge in [0.15, 0.2) is 0 Å². The van der Waals surface area contributed by atoms with E-state index in [1.807, 2.05) is 6.92 Å². The van der Waals surface area contributed by atoms with Crippen molar-refractivity contribution in [3.63, 3.8) is 0 Å². The number of aromatic nitrogens is 4. The quantitative estimate of drug-likeness (QED) is 0.846. The number of tetrazole rings is 1. The molecule has 0 aliphatic heterocycles. The van der Waals surface area contributed by atoms with Gasteiger partial charge in [-0.1, -0.05) is 18.2 Å². The van der Waals surface area contributed by atoms with Crippen LogP contribution in [0.3, 0.4) is 0 Å². The second-order valence-electron chi connectivity index (χ2n) is 5.73. The number of allylic oxidation sites excluding steroid dienone is 2. The average molecular weight is 329 g/mol. The molecule has 1 aliphatic rings. The third kappa shape index (κ3) is 3.67. The van der Waals surface area contributed by atoms with E-state index in [0.717, 1.165) is 25.0 Å². The van der Waals surface area contributed by atoms with Crippen LogP contribution in [0.5, 0.6) is 0 Å². The van der Waals surface area contributed by atoms with Crippen LogP contribution in [0, 0.1) is 5.82 Å². The number of halogens is 1. The maximum Gasteiger partial charge on any atom is 0.250 e. The highest BCUT2D eigenvalue weighted by Crippen LogP contribution is 2.21. The molecule has 0 unspecified atom stereocenters. The lowest BCUT2D eigenvalue weighted by atomic mass is 10.0. The first-order valence-corrected chi connectivity index (χ1v) is 8.20. The molecule has 0 saturated heterocycles. The summed E-state index contributed by atoms with van der Waals surface area (Å²) in [4.78, 5) is 15.6. The number of carbonyl (C=O) groups excluding carboxylic acids is 1. The Bertz CT molecular complexity index is 755. The zero-order valence-corrected chi connectivity index (χ0v) is 13.7. The van der Waals surface area contributed by atoms with Gasteiger partial charge < -0.3 is 4.90 Å². The van der Waals surface area contributed by atoms with Crippen molar-refractivity contribution in [3.8, 4) is 11.4 Å². The van der Waals surface area contributed by atoms with Crippen LogP contribution in [0.15, 0.2) is 36.0 Å². The van der Waals surface area contributed by atoms with Gasteiger partial charge in [-0.3, -0.25) is 4.79 Å². The lowest BCUT2D eigenvalue weighted by Crippen LogP contribution is -2.34. The minimum absolute atomic E-state index is 0.0213. The van der Waals surface area contributed by atoms with Crippen molar-refractivity contribution in [3.05, 3.63) is 41.9 Å². The van der Waals surface area contributed by atoms with Crippen LogP contribution in [0.1, 0.15) is 32.6 Å². The lowest BCUT2D eigenvalue weighted by Gasteiger charge is -2.26. The first-order chi connectivity index (χ1) is 11.7. The van der Waals surface area contributed by atoms with E-state index in [9.17, 15) is 9.18 Å². The highest BCUT2D eigenvalue weighted by atomic mass is 19.1. The topological polar surface area (TPSA) is 63.9 Å². The van der Waals surface area contributed by atoms with Crippen molar-refractivity contribution >= 4 is 5.91 Å². The molecule has 1 aromatic carbocycles. The van der Waals surface area contributed by atoms with E-state index >= 15 is 0 Å². The van der Waals surface area contributed by atoms with Crippen molar-refractivity contribution in [2.24, 2.45) is 0 Å². The molecule has 1 heterocycles. The largest absolute Gasteiger partial charge is 0.315 e. The summed E-state index contributed by atoms with van der Waals surface area (Å²) in [5.74, 6) is -0.114. The fourth-order valence-corrected chi connectivity index (χ4v) is 2.87. The van der Waals surface area contributed by atoms with E-state index in [0.29, 0.717) is 17.9 Å². The van der Waals surface area contributed by atoms with E-state index in [1.165, 1.54) is 23.4 Å². The molecule has 1 amide bonds. The number of likely N-dealkylation sites (N-methyl/N-ethyl adjacent to an activating group) is 1. The molecule has 0 N–H and O–H groups in total. The number of carbonyl (C=O) groups is 1. The predicted octanol–water partition coefficient (Wildman–Crippen LogP) is 2.79. The number of amides is 1. The Kier molecular flexibility index (Phi) is 4.98. The molecule has 1 aliphatic carbocycles. The van der Waals surface area contributed by atoms with E-state index in [1.54, 1.807) is 17.0 Å². The van der Waals surface area contributed by atoms with Gasteiger partial charge in [-0.05, 0) is 50.0 Å². The van der Waals surface area contributed by atoms with Crippen LogP contribution in [-0.4, -0.2) is 37.6 Å². The van der Waals surface area contributed by atoms with Crippen LogP contribution < -0.4 is 0 Å². The van der Waals surface area contributed by atoms with Gasteiger partial charge in [0.25, 0.3) is 0 Å². The van der Waals surface area contributed by atoms with Gasteiger partial charge in [-0.15, -0.1) is 10.2 Å². The van der Waals surface area contributed by atoms with Gasteiger partial charge in [0.05, 0.1) is 0 Å². The first-order valence-electron chi connectivity index (χ1n) is 8.20. The minimum atomic E-state index is -0.360. The molecular weight excluding hydrogens is 309 g/mol. The molecule has 6 nitrogen and oxygen atoms in total. The molecule has 0 fully saturated rings. The summed E-state index contributed by atoms with van der Waals surface area (Å²) < 4.78 is 13.3. The summed E-state index contributed by atoms with van der Waals surface area (Å²) in [6, 6.07) is 5.99. The predicted molar refractivity (Wildman–Crippen MR) is 87.1 cm³/mol. The summed E-state index contributed by atoms with van der Waals surface area (Å²) in [5, 5.41) is 12.0. The Labute approximate surface area is 140 Å². The van der Waals surface area contributed by atoms with Crippen LogP contribution in [0.25, 0.3) is 11.4 Å². The fourth-order valence-electron chi connectivity index (χ4n) is 2.87. The summed E-state index contributed by atoms with van der Waals surface area (Å²) in [5.41, 5.74) is 1.62. The fraction of sp³-hybridized carbons (Fsp3) is 0.412. The molecule has 24 heavy (non-hydrogen) atoms. The second-order valence-corrected chi connectivity index (χ2v) is 5.73. The second kappa shape index (κ2) is 7.33. The smallest absolute Gasteiger partial charge is 0.250 e. The Balaban J connectivity index is 1.71. The molecule has 0 atom stereocenters. The maximum atomic E-state index is 13.3. The van der Waals surface area contributed by atoms with E-state index in [2.05, 4.69) is 21.5 Å². The number of benzene rings is 1. The van der Waals surface area contributed by atoms with Crippen molar-refractivity contribution in [2.45, 2.75) is 39.2 Å². The molecule has 0 spiro atoms. The number of nitrogens with zero attached hydrogens (tertiary/aromatic N) is 5. The Hall–Kier alpha value is -2.57. The van der Waals surface area contributed by atoms with Gasteiger partial charge in [-0.2, -0.15) is 4.80 Å². The van der Waals surface area contributed by atoms with Crippen molar-refractivity contribution in [2.75, 3.05) is 6.54 Å². The number of rotatable bonds is 5. The third-order valence-corrected chi connectivity index (χ3v) is 4.04. The van der Waals surface area contributed by atoms with Crippen LogP contribution >= 0.6 is 0 Å². The van der Waals surface area contributed by atoms with Crippen molar-refractivity contribution < 1.29 is 9.18 Å². The average Bonchev–Trinajstić information content (AvgIpc) is 3.05. The molecule has 126 valence electrons. The van der Waals surface area contributed by atoms with Crippen LogP contribution in [0.2, 0.25) is 0 Å². The van der Waals surface area contributed by atoms with Gasteiger partial charge in [-0.25, -0.2) is 4.39 Å². The summed E-state index contributed by atoms with van der Waals surface area (Å²) >= 11 is 0. The van der Waals surface area contributed by atoms with Gasteiger partial charge in [0.2, 0.25) is 11.7 Å². The molecule has 0 radical (unpaired) electrons. The SMILES string of the molecule is CCN(C(=O)Cn1nnc(-c2cccc(F)c2)n1)C1=CCCCC1. The molecule has 1 aromatic heterocycles. The molecular formula is C17H20FN5O. The maximum absolute atomic E-state index is 13.3. The minimum Gasteiger partial charge on any atom is -0.315 e. The summed E-state index contributed by atoms with van der Waals surface area (Å²) in [6.45, 7) is 2.60. The Morgan fingerprint density at radius 1 is 1.38 bits per heavy atom. The molecule has 7 heteroatoms. The van der Waals surface area contributed by atoms with Gasteiger partial charge in [0, 0.05) is 17.8 Å². The van der Waals surface area contributed by atoms with Gasteiger partial charge in [0.1, 0.15) is 12.4 Å². The normalized spacial score (nSPS) is 14.3. The monoisotopic (exact) mass is 329 g/mol. The summed E-state index contributed by atoms with van der Waals surface area (Å²) in [6.07, 6.45) is 6.37. The Morgan fingerprint density at radius 2 is 2.25 bits per heavy atom. The zero-order valence-electron chi connectivity index (χ0n) is 13.7. The van der Waals surface area contributed by atoms with E-state index in [4.69, 9.17) is 0 Å². The van der Waals surface area contributed by atoms with Crippen molar-refractivity contribution in [1.29, 1.82) is 0 Å². The highest BCUT2D eigenvalue weighted by molar-refractivity contribution is 5.77. The third-order valence-electron chi connectivity index (χ3n) is 4.04. The van der Waals surface area contributed by atoms with Crippen molar-refractivity contribution in [1.82, 2.24) is 25.1 Å². The first kappa shape index (κ1) is 16.3. The van der Waals surface area contributed by atoms with Crippen LogP contribution in [0.4, 0.5) is 4.39 Å².